The van der Waals surface area contributed by atoms with Gasteiger partial charge in [0.25, 0.3) is 0 Å². The van der Waals surface area contributed by atoms with Crippen LogP contribution < -0.4 is 5.32 Å². The lowest BCUT2D eigenvalue weighted by molar-refractivity contribution is 0.0697. The van der Waals surface area contributed by atoms with Crippen LogP contribution in [0.5, 0.6) is 0 Å². The number of carbonyl (C=O) groups is 1. The first-order chi connectivity index (χ1) is 7.79. The topological polar surface area (TPSA) is 109 Å². The van der Waals surface area contributed by atoms with Gasteiger partial charge in [-0.25, -0.2) is 13.2 Å². The second kappa shape index (κ2) is 5.09. The summed E-state index contributed by atoms with van der Waals surface area (Å²) in [7, 11) is -3.13. The minimum atomic E-state index is -3.13. The molecule has 17 heavy (non-hydrogen) atoms. The van der Waals surface area contributed by atoms with Crippen molar-refractivity contribution in [2.45, 2.75) is 13.0 Å². The monoisotopic (exact) mass is 259 g/mol. The normalized spacial score (nSPS) is 13.1. The number of nitrogens with one attached hydrogen (secondary N) is 1. The van der Waals surface area contributed by atoms with Crippen LogP contribution >= 0.6 is 0 Å². The van der Waals surface area contributed by atoms with E-state index in [1.165, 1.54) is 12.3 Å². The number of carboxylic acids is 1. The Morgan fingerprint density at radius 1 is 1.59 bits per heavy atom. The molecule has 94 valence electrons. The Bertz CT molecular complexity index is 515. The average molecular weight is 259 g/mol. The zero-order valence-electron chi connectivity index (χ0n) is 9.41. The smallest absolute Gasteiger partial charge is 0.339 e. The molecule has 1 aromatic heterocycles. The number of hydrogen-bond donors (Lipinski definition) is 2. The van der Waals surface area contributed by atoms with Gasteiger partial charge in [0.15, 0.2) is 5.82 Å². The molecular formula is C9H13N3O4S. The van der Waals surface area contributed by atoms with Gasteiger partial charge in [-0.15, -0.1) is 5.10 Å². The van der Waals surface area contributed by atoms with E-state index in [2.05, 4.69) is 15.5 Å². The van der Waals surface area contributed by atoms with Gasteiger partial charge in [0, 0.05) is 12.3 Å². The van der Waals surface area contributed by atoms with Crippen molar-refractivity contribution < 1.29 is 18.3 Å². The fourth-order valence-corrected chi connectivity index (χ4v) is 2.33. The van der Waals surface area contributed by atoms with Crippen LogP contribution in [0.2, 0.25) is 0 Å². The van der Waals surface area contributed by atoms with Gasteiger partial charge in [-0.1, -0.05) is 0 Å². The Kier molecular flexibility index (Phi) is 4.00. The van der Waals surface area contributed by atoms with Crippen molar-refractivity contribution in [3.8, 4) is 0 Å². The summed E-state index contributed by atoms with van der Waals surface area (Å²) in [4.78, 5) is 10.9. The third kappa shape index (κ3) is 4.35. The average Bonchev–Trinajstić information content (AvgIpc) is 2.14. The molecular weight excluding hydrogens is 246 g/mol. The molecule has 1 unspecified atom stereocenters. The maximum Gasteiger partial charge on any atom is 0.339 e. The summed E-state index contributed by atoms with van der Waals surface area (Å²) >= 11 is 0. The Balaban J connectivity index is 2.85. The van der Waals surface area contributed by atoms with Gasteiger partial charge in [-0.05, 0) is 13.0 Å². The Hall–Kier alpha value is -1.70. The molecule has 0 radical (unpaired) electrons. The number of aromatic carboxylic acids is 1. The summed E-state index contributed by atoms with van der Waals surface area (Å²) in [6.07, 6.45) is 2.37. The van der Waals surface area contributed by atoms with Crippen molar-refractivity contribution >= 4 is 21.6 Å². The molecule has 0 spiro atoms. The minimum absolute atomic E-state index is 0.0413. The van der Waals surface area contributed by atoms with Crippen LogP contribution in [0.1, 0.15) is 17.3 Å². The maximum atomic E-state index is 11.1. The van der Waals surface area contributed by atoms with Crippen molar-refractivity contribution in [2.75, 3.05) is 17.3 Å². The maximum absolute atomic E-state index is 11.1. The second-order valence-corrected chi connectivity index (χ2v) is 5.92. The fourth-order valence-electron chi connectivity index (χ4n) is 1.34. The van der Waals surface area contributed by atoms with Crippen LogP contribution in [0.25, 0.3) is 0 Å². The van der Waals surface area contributed by atoms with Crippen LogP contribution in [-0.2, 0) is 9.84 Å². The molecule has 1 aromatic rings. The lowest BCUT2D eigenvalue weighted by Gasteiger charge is -2.13. The first kappa shape index (κ1) is 13.4. The molecule has 1 heterocycles. The number of hydrogen-bond acceptors (Lipinski definition) is 6. The molecule has 0 saturated carbocycles. The highest BCUT2D eigenvalue weighted by molar-refractivity contribution is 7.90. The van der Waals surface area contributed by atoms with Crippen LogP contribution in [0.15, 0.2) is 12.3 Å². The number of aromatic nitrogens is 2. The molecule has 0 aliphatic carbocycles. The van der Waals surface area contributed by atoms with Crippen LogP contribution in [0, 0.1) is 0 Å². The molecule has 0 saturated heterocycles. The van der Waals surface area contributed by atoms with Crippen molar-refractivity contribution in [1.29, 1.82) is 0 Å². The van der Waals surface area contributed by atoms with E-state index in [1.54, 1.807) is 6.92 Å². The lowest BCUT2D eigenvalue weighted by atomic mass is 10.2. The predicted molar refractivity (Wildman–Crippen MR) is 61.8 cm³/mol. The van der Waals surface area contributed by atoms with E-state index in [0.29, 0.717) is 0 Å². The highest BCUT2D eigenvalue weighted by atomic mass is 32.2. The van der Waals surface area contributed by atoms with Gasteiger partial charge in [-0.2, -0.15) is 5.10 Å². The SMILES string of the molecule is CC(CS(C)(=O)=O)Nc1nnccc1C(=O)O. The van der Waals surface area contributed by atoms with E-state index in [4.69, 9.17) is 5.11 Å². The predicted octanol–water partition coefficient (Wildman–Crippen LogP) is 0.0198. The van der Waals surface area contributed by atoms with E-state index < -0.39 is 21.8 Å². The van der Waals surface area contributed by atoms with E-state index in [9.17, 15) is 13.2 Å². The van der Waals surface area contributed by atoms with Gasteiger partial charge in [0.1, 0.15) is 15.4 Å². The zero-order valence-corrected chi connectivity index (χ0v) is 10.2. The second-order valence-electron chi connectivity index (χ2n) is 3.74. The summed E-state index contributed by atoms with van der Waals surface area (Å²) < 4.78 is 22.1. The molecule has 1 atom stereocenters. The molecule has 0 aliphatic heterocycles. The summed E-state index contributed by atoms with van der Waals surface area (Å²) in [6.45, 7) is 1.63. The highest BCUT2D eigenvalue weighted by Gasteiger charge is 2.16. The third-order valence-electron chi connectivity index (χ3n) is 1.89. The minimum Gasteiger partial charge on any atom is -0.478 e. The van der Waals surface area contributed by atoms with Gasteiger partial charge in [0.2, 0.25) is 0 Å². The number of anilines is 1. The lowest BCUT2D eigenvalue weighted by Crippen LogP contribution is -2.26. The summed E-state index contributed by atoms with van der Waals surface area (Å²) in [5, 5.41) is 18.8. The standard InChI is InChI=1S/C9H13N3O4S/c1-6(5-17(2,15)16)11-8-7(9(13)14)3-4-10-12-8/h3-4,6H,5H2,1-2H3,(H,11,12)(H,13,14). The van der Waals surface area contributed by atoms with Crippen molar-refractivity contribution in [3.05, 3.63) is 17.8 Å². The molecule has 2 N–H and O–H groups in total. The molecule has 7 nitrogen and oxygen atoms in total. The number of nitrogens with zero attached hydrogens (tertiary/aromatic N) is 2. The number of sulfone groups is 1. The molecule has 0 aliphatic rings. The van der Waals surface area contributed by atoms with Crippen LogP contribution in [-0.4, -0.2) is 47.7 Å². The van der Waals surface area contributed by atoms with Crippen LogP contribution in [0.4, 0.5) is 5.82 Å². The summed E-state index contributed by atoms with van der Waals surface area (Å²) in [5.74, 6) is -1.19. The van der Waals surface area contributed by atoms with E-state index in [0.717, 1.165) is 6.26 Å². The van der Waals surface area contributed by atoms with Gasteiger partial charge >= 0.3 is 5.97 Å². The molecule has 0 bridgehead atoms. The summed E-state index contributed by atoms with van der Waals surface area (Å²) in [5.41, 5.74) is -0.0413. The number of carboxylic acid groups (broad SMARTS) is 1. The molecule has 0 amide bonds. The van der Waals surface area contributed by atoms with Crippen molar-refractivity contribution in [3.63, 3.8) is 0 Å². The van der Waals surface area contributed by atoms with Crippen molar-refractivity contribution in [1.82, 2.24) is 10.2 Å². The van der Waals surface area contributed by atoms with Gasteiger partial charge < -0.3 is 10.4 Å². The Morgan fingerprint density at radius 2 is 2.24 bits per heavy atom. The number of rotatable bonds is 5. The van der Waals surface area contributed by atoms with E-state index in [-0.39, 0.29) is 17.1 Å². The largest absolute Gasteiger partial charge is 0.478 e. The highest BCUT2D eigenvalue weighted by Crippen LogP contribution is 2.11. The molecule has 0 aromatic carbocycles. The van der Waals surface area contributed by atoms with Crippen LogP contribution in [0.3, 0.4) is 0 Å². The quantitative estimate of drug-likeness (QED) is 0.767. The van der Waals surface area contributed by atoms with Gasteiger partial charge in [0.05, 0.1) is 11.9 Å². The van der Waals surface area contributed by atoms with E-state index in [1.807, 2.05) is 0 Å². The fraction of sp³-hybridized carbons (Fsp3) is 0.444. The van der Waals surface area contributed by atoms with E-state index >= 15 is 0 Å². The zero-order chi connectivity index (χ0) is 13.1. The first-order valence-corrected chi connectivity index (χ1v) is 6.85. The summed E-state index contributed by atoms with van der Waals surface area (Å²) in [6, 6.07) is 0.852. The molecule has 8 heteroatoms. The Labute approximate surface area is 98.8 Å². The molecule has 0 fully saturated rings. The first-order valence-electron chi connectivity index (χ1n) is 4.79. The molecule has 1 rings (SSSR count). The van der Waals surface area contributed by atoms with Crippen molar-refractivity contribution in [2.24, 2.45) is 0 Å². The van der Waals surface area contributed by atoms with Gasteiger partial charge in [-0.3, -0.25) is 0 Å². The third-order valence-corrected chi connectivity index (χ3v) is 2.99. The Morgan fingerprint density at radius 3 is 2.76 bits per heavy atom.